The first-order chi connectivity index (χ1) is 15.4. The topological polar surface area (TPSA) is 106 Å². The minimum atomic E-state index is -0.927. The van der Waals surface area contributed by atoms with Crippen molar-refractivity contribution in [3.05, 3.63) is 88.9 Å². The molecular formula is C23H18ClN3O5. The van der Waals surface area contributed by atoms with E-state index in [9.17, 15) is 14.4 Å². The Labute approximate surface area is 188 Å². The number of amides is 2. The summed E-state index contributed by atoms with van der Waals surface area (Å²) in [4.78, 5) is 35.9. The van der Waals surface area contributed by atoms with Crippen LogP contribution < -0.4 is 20.2 Å². The first-order valence-corrected chi connectivity index (χ1v) is 9.68. The lowest BCUT2D eigenvalue weighted by molar-refractivity contribution is -0.136. The van der Waals surface area contributed by atoms with Crippen molar-refractivity contribution in [3.63, 3.8) is 0 Å². The molecule has 0 saturated heterocycles. The second kappa shape index (κ2) is 10.7. The van der Waals surface area contributed by atoms with Crippen LogP contribution in [0.3, 0.4) is 0 Å². The standard InChI is InChI=1S/C23H18ClN3O5/c1-31-19-11-7-18(8-12-19)26-21(28)22(29)27-25-14-15-5-9-20(10-6-15)32-23(30)16-3-2-4-17(24)13-16/h2-14H,1H3,(H,26,28)(H,27,29)/b25-14+. The predicted octanol–water partition coefficient (Wildman–Crippen LogP) is 3.66. The number of nitrogens with one attached hydrogen (secondary N) is 2. The van der Waals surface area contributed by atoms with Gasteiger partial charge in [-0.05, 0) is 72.3 Å². The molecule has 8 nitrogen and oxygen atoms in total. The molecule has 0 fully saturated rings. The van der Waals surface area contributed by atoms with E-state index in [2.05, 4.69) is 15.8 Å². The third-order valence-electron chi connectivity index (χ3n) is 4.08. The van der Waals surface area contributed by atoms with Crippen LogP contribution in [0.4, 0.5) is 5.69 Å². The number of benzene rings is 3. The summed E-state index contributed by atoms with van der Waals surface area (Å²) in [5, 5.41) is 6.63. The molecule has 2 N–H and O–H groups in total. The van der Waals surface area contributed by atoms with Gasteiger partial charge in [-0.2, -0.15) is 5.10 Å². The molecule has 0 heterocycles. The van der Waals surface area contributed by atoms with Crippen LogP contribution >= 0.6 is 11.6 Å². The van der Waals surface area contributed by atoms with Gasteiger partial charge in [0.1, 0.15) is 11.5 Å². The van der Waals surface area contributed by atoms with Crippen LogP contribution in [0.1, 0.15) is 15.9 Å². The maximum absolute atomic E-state index is 12.1. The number of ether oxygens (including phenoxy) is 2. The first kappa shape index (κ1) is 22.5. The molecule has 0 radical (unpaired) electrons. The molecular weight excluding hydrogens is 434 g/mol. The number of hydrogen-bond acceptors (Lipinski definition) is 6. The molecule has 0 spiro atoms. The number of carbonyl (C=O) groups is 3. The predicted molar refractivity (Wildman–Crippen MR) is 120 cm³/mol. The lowest BCUT2D eigenvalue weighted by atomic mass is 10.2. The van der Waals surface area contributed by atoms with Crippen molar-refractivity contribution in [2.24, 2.45) is 5.10 Å². The Morgan fingerprint density at radius 2 is 1.59 bits per heavy atom. The van der Waals surface area contributed by atoms with E-state index in [-0.39, 0.29) is 0 Å². The highest BCUT2D eigenvalue weighted by Gasteiger charge is 2.13. The summed E-state index contributed by atoms with van der Waals surface area (Å²) in [7, 11) is 1.53. The third-order valence-corrected chi connectivity index (χ3v) is 4.32. The van der Waals surface area contributed by atoms with Gasteiger partial charge in [0, 0.05) is 10.7 Å². The molecule has 32 heavy (non-hydrogen) atoms. The minimum absolute atomic E-state index is 0.329. The summed E-state index contributed by atoms with van der Waals surface area (Å²) in [5.74, 6) is -1.37. The molecule has 0 aliphatic heterocycles. The van der Waals surface area contributed by atoms with E-state index in [0.29, 0.717) is 33.3 Å². The number of hydrogen-bond donors (Lipinski definition) is 2. The highest BCUT2D eigenvalue weighted by molar-refractivity contribution is 6.39. The first-order valence-electron chi connectivity index (χ1n) is 9.31. The summed E-state index contributed by atoms with van der Waals surface area (Å²) in [6.07, 6.45) is 1.35. The molecule has 0 aliphatic rings. The summed E-state index contributed by atoms with van der Waals surface area (Å²) < 4.78 is 10.3. The van der Waals surface area contributed by atoms with Crippen LogP contribution in [0.15, 0.2) is 77.9 Å². The van der Waals surface area contributed by atoms with E-state index in [0.717, 1.165) is 0 Å². The molecule has 2 amide bonds. The van der Waals surface area contributed by atoms with Gasteiger partial charge in [-0.1, -0.05) is 17.7 Å². The van der Waals surface area contributed by atoms with Gasteiger partial charge in [0.25, 0.3) is 0 Å². The second-order valence-electron chi connectivity index (χ2n) is 6.35. The molecule has 9 heteroatoms. The van der Waals surface area contributed by atoms with Crippen molar-refractivity contribution in [2.75, 3.05) is 12.4 Å². The van der Waals surface area contributed by atoms with E-state index in [4.69, 9.17) is 21.1 Å². The summed E-state index contributed by atoms with van der Waals surface area (Å²) >= 11 is 5.87. The van der Waals surface area contributed by atoms with Crippen molar-refractivity contribution >= 4 is 41.3 Å². The fraction of sp³-hybridized carbons (Fsp3) is 0.0435. The summed E-state index contributed by atoms with van der Waals surface area (Å²) in [6, 6.07) is 19.4. The smallest absolute Gasteiger partial charge is 0.343 e. The van der Waals surface area contributed by atoms with Gasteiger partial charge in [0.15, 0.2) is 0 Å². The van der Waals surface area contributed by atoms with Crippen molar-refractivity contribution in [2.45, 2.75) is 0 Å². The molecule has 0 unspecified atom stereocenters. The minimum Gasteiger partial charge on any atom is -0.497 e. The Bertz CT molecular complexity index is 1150. The normalized spacial score (nSPS) is 10.4. The molecule has 3 aromatic rings. The van der Waals surface area contributed by atoms with Gasteiger partial charge in [-0.25, -0.2) is 10.2 Å². The van der Waals surface area contributed by atoms with Crippen LogP contribution in [0.2, 0.25) is 5.02 Å². The molecule has 0 atom stereocenters. The summed E-state index contributed by atoms with van der Waals surface area (Å²) in [5.41, 5.74) is 3.53. The Kier molecular flexibility index (Phi) is 7.55. The number of carbonyl (C=O) groups excluding carboxylic acids is 3. The van der Waals surface area contributed by atoms with E-state index in [1.165, 1.54) is 19.4 Å². The molecule has 0 bridgehead atoms. The van der Waals surface area contributed by atoms with Crippen molar-refractivity contribution in [1.29, 1.82) is 0 Å². The van der Waals surface area contributed by atoms with Crippen LogP contribution in [0.5, 0.6) is 11.5 Å². The van der Waals surface area contributed by atoms with Crippen LogP contribution in [0, 0.1) is 0 Å². The molecule has 162 valence electrons. The fourth-order valence-electron chi connectivity index (χ4n) is 2.48. The highest BCUT2D eigenvalue weighted by atomic mass is 35.5. The SMILES string of the molecule is COc1ccc(NC(=O)C(=O)N/N=C/c2ccc(OC(=O)c3cccc(Cl)c3)cc2)cc1. The van der Waals surface area contributed by atoms with Gasteiger partial charge in [0.05, 0.1) is 18.9 Å². The lowest BCUT2D eigenvalue weighted by Crippen LogP contribution is -2.32. The molecule has 0 saturated carbocycles. The fourth-order valence-corrected chi connectivity index (χ4v) is 2.67. The van der Waals surface area contributed by atoms with Crippen molar-refractivity contribution in [3.8, 4) is 11.5 Å². The number of hydrazone groups is 1. The molecule has 3 rings (SSSR count). The van der Waals surface area contributed by atoms with Crippen LogP contribution in [0.25, 0.3) is 0 Å². The lowest BCUT2D eigenvalue weighted by Gasteiger charge is -2.05. The Morgan fingerprint density at radius 1 is 0.906 bits per heavy atom. The highest BCUT2D eigenvalue weighted by Crippen LogP contribution is 2.16. The monoisotopic (exact) mass is 451 g/mol. The maximum Gasteiger partial charge on any atom is 0.343 e. The molecule has 0 aliphatic carbocycles. The largest absolute Gasteiger partial charge is 0.497 e. The van der Waals surface area contributed by atoms with E-state index in [1.54, 1.807) is 66.7 Å². The molecule has 0 aromatic heterocycles. The number of nitrogens with zero attached hydrogens (tertiary/aromatic N) is 1. The van der Waals surface area contributed by atoms with E-state index < -0.39 is 17.8 Å². The van der Waals surface area contributed by atoms with Gasteiger partial charge >= 0.3 is 17.8 Å². The summed E-state index contributed by atoms with van der Waals surface area (Å²) in [6.45, 7) is 0. The quantitative estimate of drug-likeness (QED) is 0.195. The number of anilines is 1. The average Bonchev–Trinajstić information content (AvgIpc) is 2.80. The van der Waals surface area contributed by atoms with Gasteiger partial charge in [0.2, 0.25) is 0 Å². The van der Waals surface area contributed by atoms with Gasteiger partial charge < -0.3 is 14.8 Å². The zero-order chi connectivity index (χ0) is 22.9. The Balaban J connectivity index is 1.50. The van der Waals surface area contributed by atoms with Gasteiger partial charge in [-0.3, -0.25) is 9.59 Å². The number of halogens is 1. The average molecular weight is 452 g/mol. The van der Waals surface area contributed by atoms with Crippen LogP contribution in [-0.2, 0) is 9.59 Å². The Morgan fingerprint density at radius 3 is 2.25 bits per heavy atom. The van der Waals surface area contributed by atoms with Crippen molar-refractivity contribution in [1.82, 2.24) is 5.43 Å². The zero-order valence-corrected chi connectivity index (χ0v) is 17.6. The number of rotatable bonds is 6. The van der Waals surface area contributed by atoms with Crippen molar-refractivity contribution < 1.29 is 23.9 Å². The van der Waals surface area contributed by atoms with Gasteiger partial charge in [-0.15, -0.1) is 0 Å². The van der Waals surface area contributed by atoms with Crippen LogP contribution in [-0.4, -0.2) is 31.1 Å². The van der Waals surface area contributed by atoms with E-state index in [1.807, 2.05) is 0 Å². The molecule has 3 aromatic carbocycles. The third kappa shape index (κ3) is 6.41. The Hall–Kier alpha value is -4.17. The number of methoxy groups -OCH3 is 1. The number of esters is 1. The maximum atomic E-state index is 12.1. The zero-order valence-electron chi connectivity index (χ0n) is 16.9. The van der Waals surface area contributed by atoms with E-state index >= 15 is 0 Å². The second-order valence-corrected chi connectivity index (χ2v) is 6.79.